The summed E-state index contributed by atoms with van der Waals surface area (Å²) in [6.07, 6.45) is -5.92. The predicted molar refractivity (Wildman–Crippen MR) is 550 cm³/mol. The molecule has 790 valence electrons. The smallest absolute Gasteiger partial charge is 0.417 e. The SMILES string of the molecule is Cc1ncsc1-c1ccc(CNC(=O)[C@@H]2C[C@@H](C)CN2C(=O)[C@@H](NC(=O)COCCCOCCC(C)(C)CCOc2ccc(N3C(=S)N(c4ccc(C#N)c(C(F)(F)F)c4)C(=O)C3(C)C)cc2)C(C)(C)C)cc1.Cc1ncsc1-c1ccc([C@H](C)NC(=O)[C@@H]2C[C@@H](O)CN2C(=O)[C@@H](NC(=O)COCCCOCCCCCOc2c(F)cc(N3C(=S)N(c4ccc(C#N)c(C(F)(F)F)c4)C(=O)C3(C)C)cc2F)C(C)(C)C)cc1. The van der Waals surface area contributed by atoms with Gasteiger partial charge in [0.15, 0.2) is 27.6 Å². The van der Waals surface area contributed by atoms with E-state index in [1.807, 2.05) is 103 Å². The third-order valence-electron chi connectivity index (χ3n) is 25.8. The Balaban J connectivity index is 0.000000279. The Morgan fingerprint density at radius 2 is 0.966 bits per heavy atom. The fraction of sp³-hybridized carbons (Fsp3) is 0.491. The first-order valence-electron chi connectivity index (χ1n) is 48.4. The van der Waals surface area contributed by atoms with Crippen molar-refractivity contribution in [1.29, 1.82) is 10.5 Å². The number of hydrogen-bond acceptors (Lipinski definition) is 23. The Labute approximate surface area is 869 Å². The lowest BCUT2D eigenvalue weighted by atomic mass is 9.85. The van der Waals surface area contributed by atoms with Gasteiger partial charge < -0.3 is 74.4 Å². The van der Waals surface area contributed by atoms with Crippen LogP contribution in [0.15, 0.2) is 132 Å². The molecule has 7 atom stereocenters. The Bertz CT molecular complexity index is 6110. The third kappa shape index (κ3) is 29.1. The molecule has 6 aromatic carbocycles. The van der Waals surface area contributed by atoms with Crippen molar-refractivity contribution < 1.29 is 107 Å². The number of β-amino-alcohol motifs (C(OH)–C–C–N with tert-alkyl or cyclic N) is 1. The molecule has 0 radical (unpaired) electrons. The summed E-state index contributed by atoms with van der Waals surface area (Å²) in [6, 6.07) is 29.5. The van der Waals surface area contributed by atoms with Crippen LogP contribution in [0.3, 0.4) is 0 Å². The van der Waals surface area contributed by atoms with E-state index in [9.17, 15) is 80.3 Å². The molecular weight excluding hydrogens is 1990 g/mol. The van der Waals surface area contributed by atoms with Crippen molar-refractivity contribution in [1.82, 2.24) is 41.0 Å². The summed E-state index contributed by atoms with van der Waals surface area (Å²) < 4.78 is 147. The number of halogens is 8. The lowest BCUT2D eigenvalue weighted by molar-refractivity contribution is -0.144. The van der Waals surface area contributed by atoms with Gasteiger partial charge in [-0.25, -0.2) is 18.7 Å². The van der Waals surface area contributed by atoms with E-state index in [4.69, 9.17) is 52.9 Å². The largest absolute Gasteiger partial charge is 0.494 e. The number of aromatic nitrogens is 2. The molecule has 4 fully saturated rings. The van der Waals surface area contributed by atoms with Gasteiger partial charge in [-0.2, -0.15) is 36.9 Å². The molecule has 4 aliphatic rings. The van der Waals surface area contributed by atoms with Crippen LogP contribution >= 0.6 is 47.1 Å². The second kappa shape index (κ2) is 49.4. The normalized spacial score (nSPS) is 17.5. The number of carbonyl (C=O) groups is 8. The molecular formula is C106H126F8N14O15S4. The second-order valence-corrected chi connectivity index (χ2v) is 43.2. The third-order valence-corrected chi connectivity index (χ3v) is 28.5. The van der Waals surface area contributed by atoms with Crippen molar-refractivity contribution in [3.8, 4) is 44.5 Å². The molecule has 4 saturated heterocycles. The molecule has 8 amide bonds. The number of rotatable bonds is 42. The van der Waals surface area contributed by atoms with Crippen LogP contribution in [-0.4, -0.2) is 203 Å². The highest BCUT2D eigenvalue weighted by Gasteiger charge is 2.54. The maximum absolute atomic E-state index is 15.4. The number of anilines is 4. The number of nitrogens with one attached hydrogen (secondary N) is 4. The van der Waals surface area contributed by atoms with E-state index in [0.29, 0.717) is 102 Å². The van der Waals surface area contributed by atoms with Gasteiger partial charge in [-0.3, -0.25) is 48.2 Å². The number of thiazole rings is 2. The first-order valence-corrected chi connectivity index (χ1v) is 51.0. The zero-order chi connectivity index (χ0) is 108. The van der Waals surface area contributed by atoms with Crippen LogP contribution in [0.25, 0.3) is 20.9 Å². The average molecular weight is 2120 g/mol. The van der Waals surface area contributed by atoms with Gasteiger partial charge in [0.05, 0.1) is 109 Å². The maximum Gasteiger partial charge on any atom is 0.417 e. The number of aliphatic hydroxyl groups excluding tert-OH is 1. The molecule has 5 N–H and O–H groups in total. The zero-order valence-electron chi connectivity index (χ0n) is 85.1. The minimum Gasteiger partial charge on any atom is -0.494 e. The fourth-order valence-corrected chi connectivity index (χ4v) is 20.2. The Morgan fingerprint density at radius 1 is 0.531 bits per heavy atom. The topological polar surface area (TPSA) is 353 Å². The van der Waals surface area contributed by atoms with Crippen molar-refractivity contribution in [2.24, 2.45) is 22.2 Å². The van der Waals surface area contributed by atoms with Gasteiger partial charge in [-0.1, -0.05) is 111 Å². The number of benzene rings is 6. The van der Waals surface area contributed by atoms with E-state index < -0.39 is 140 Å². The number of unbranched alkanes of at least 4 members (excludes halogenated alkanes) is 2. The summed E-state index contributed by atoms with van der Waals surface area (Å²) in [7, 11) is 0. The summed E-state index contributed by atoms with van der Waals surface area (Å²) >= 11 is 14.3. The average Bonchev–Trinajstić information content (AvgIpc) is 1.58. The Morgan fingerprint density at radius 3 is 1.44 bits per heavy atom. The molecule has 4 aliphatic heterocycles. The van der Waals surface area contributed by atoms with Crippen LogP contribution in [0.2, 0.25) is 0 Å². The molecule has 41 heteroatoms. The highest BCUT2D eigenvalue weighted by Crippen LogP contribution is 2.45. The lowest BCUT2D eigenvalue weighted by Gasteiger charge is -2.35. The molecule has 147 heavy (non-hydrogen) atoms. The number of nitriles is 2. The highest BCUT2D eigenvalue weighted by molar-refractivity contribution is 7.81. The number of nitrogens with zero attached hydrogens (tertiary/aromatic N) is 10. The van der Waals surface area contributed by atoms with Crippen LogP contribution in [0.1, 0.15) is 206 Å². The number of carbonyl (C=O) groups excluding carboxylic acids is 8. The number of ether oxygens (including phenoxy) is 6. The molecule has 0 aliphatic carbocycles. The van der Waals surface area contributed by atoms with Crippen LogP contribution < -0.4 is 50.3 Å². The van der Waals surface area contributed by atoms with Gasteiger partial charge in [0, 0.05) is 83.5 Å². The Kier molecular flexibility index (Phi) is 38.7. The van der Waals surface area contributed by atoms with Gasteiger partial charge in [-0.15, -0.1) is 22.7 Å². The van der Waals surface area contributed by atoms with Crippen molar-refractivity contribution in [2.75, 3.05) is 98.8 Å². The molecule has 8 aromatic rings. The van der Waals surface area contributed by atoms with Crippen molar-refractivity contribution >= 4 is 127 Å². The highest BCUT2D eigenvalue weighted by atomic mass is 32.1. The van der Waals surface area contributed by atoms with E-state index >= 15 is 8.78 Å². The van der Waals surface area contributed by atoms with E-state index in [2.05, 4.69) is 45.1 Å². The fourth-order valence-electron chi connectivity index (χ4n) is 17.5. The van der Waals surface area contributed by atoms with Crippen LogP contribution in [0.5, 0.6) is 11.5 Å². The molecule has 0 saturated carbocycles. The number of likely N-dealkylation sites (tertiary alicyclic amines) is 2. The molecule has 2 aromatic heterocycles. The summed E-state index contributed by atoms with van der Waals surface area (Å²) in [6.45, 7) is 31.7. The Hall–Kier alpha value is -12.1. The zero-order valence-corrected chi connectivity index (χ0v) is 88.4. The first kappa shape index (κ1) is 115. The van der Waals surface area contributed by atoms with E-state index in [-0.39, 0.29) is 102 Å². The maximum atomic E-state index is 15.4. The quantitative estimate of drug-likeness (QED) is 0.0135. The predicted octanol–water partition coefficient (Wildman–Crippen LogP) is 18.2. The van der Waals surface area contributed by atoms with Gasteiger partial charge in [0.1, 0.15) is 54.2 Å². The van der Waals surface area contributed by atoms with Crippen LogP contribution in [-0.2, 0) is 76.2 Å². The number of amides is 8. The number of aryl methyl sites for hydroxylation is 2. The van der Waals surface area contributed by atoms with Crippen LogP contribution in [0, 0.1) is 70.3 Å². The summed E-state index contributed by atoms with van der Waals surface area (Å²) in [5, 5.41) is 40.4. The summed E-state index contributed by atoms with van der Waals surface area (Å²) in [5.74, 6) is -5.77. The van der Waals surface area contributed by atoms with Gasteiger partial charge in [0.2, 0.25) is 35.4 Å². The van der Waals surface area contributed by atoms with Crippen molar-refractivity contribution in [3.05, 3.63) is 189 Å². The van der Waals surface area contributed by atoms with Crippen LogP contribution in [0.4, 0.5) is 57.9 Å². The van der Waals surface area contributed by atoms with Gasteiger partial charge in [0.25, 0.3) is 11.8 Å². The molecule has 12 rings (SSSR count). The van der Waals surface area contributed by atoms with Crippen molar-refractivity contribution in [2.45, 2.75) is 235 Å². The monoisotopic (exact) mass is 2110 g/mol. The van der Waals surface area contributed by atoms with E-state index in [0.717, 1.165) is 107 Å². The first-order chi connectivity index (χ1) is 69.2. The molecule has 0 spiro atoms. The molecule has 29 nitrogen and oxygen atoms in total. The second-order valence-electron chi connectivity index (χ2n) is 40.8. The summed E-state index contributed by atoms with van der Waals surface area (Å²) in [4.78, 5) is 127. The lowest BCUT2D eigenvalue weighted by Crippen LogP contribution is -2.58. The molecule has 0 bridgehead atoms. The van der Waals surface area contributed by atoms with Crippen molar-refractivity contribution in [3.63, 3.8) is 0 Å². The van der Waals surface area contributed by atoms with Gasteiger partial charge >= 0.3 is 12.4 Å². The summed E-state index contributed by atoms with van der Waals surface area (Å²) in [5.41, 5.74) is 1.54. The molecule has 6 heterocycles. The van der Waals surface area contributed by atoms with E-state index in [1.54, 1.807) is 103 Å². The standard InChI is InChI=1S/C54H66F3N7O7S2.C52H60F5N7O8S2/c1-34-27-43(47(66)59-30-36-11-13-37(14-12-36)45-35(2)60-33-73-45)62(31-34)48(67)46(51(3,4)5)61-44(65)32-70-24-10-23-69-25-21-52(6,7)22-26-71-41-19-17-39(18-20-41)64-50(72)63(49(68)53(64,8)9)40-16-15-38(29-58)42(28-40)54(55,56)57;1-30(32-12-14-33(15-13-32)44-31(2)59-29-74-44)60-46(67)41-25-37(65)27-62(41)47(68)45(50(3,4)5)61-42(66)28-71-20-11-19-70-18-9-8-10-21-72-43-39(53)23-36(24-40(43)54)64-49(73)63(48(69)51(64,6)7)35-17-16-34(26-58)38(22-35)52(55,56)57/h11-20,28,33-34,43,46H,10,21-27,30-32H2,1-9H3,(H,59,66)(H,61,65);12-17,22-24,29-30,37,41,45,65H,8-11,18-21,25,27-28H2,1-7H3,(H,60,67)(H,61,66)/t34-,43+,46-;30-,37+,41-,45+/m10/s1. The minimum absolute atomic E-state index is 0.00353. The number of hydrogen-bond donors (Lipinski definition) is 5. The number of aliphatic hydroxyl groups is 1. The minimum atomic E-state index is -4.90. The number of thiocarbonyl (C=S) groups is 2. The number of alkyl halides is 6. The van der Waals surface area contributed by atoms with Gasteiger partial charge in [-0.05, 0) is 229 Å². The van der Waals surface area contributed by atoms with E-state index in [1.165, 1.54) is 30.9 Å². The molecule has 0 unspecified atom stereocenters.